The lowest BCUT2D eigenvalue weighted by atomic mass is 9.92. The summed E-state index contributed by atoms with van der Waals surface area (Å²) < 4.78 is 24.4. The van der Waals surface area contributed by atoms with Crippen molar-refractivity contribution in [1.29, 1.82) is 0 Å². The van der Waals surface area contributed by atoms with E-state index in [1.807, 2.05) is 0 Å². The molecule has 1 aliphatic rings. The second kappa shape index (κ2) is 14.4. The monoisotopic (exact) mass is 436 g/mol. The average Bonchev–Trinajstić information content (AvgIpc) is 2.77. The highest BCUT2D eigenvalue weighted by Crippen LogP contribution is 2.25. The summed E-state index contributed by atoms with van der Waals surface area (Å²) in [5, 5.41) is 0. The lowest BCUT2D eigenvalue weighted by Gasteiger charge is -2.34. The minimum absolute atomic E-state index is 0.163. The van der Waals surface area contributed by atoms with Crippen molar-refractivity contribution in [1.82, 2.24) is 9.80 Å². The van der Waals surface area contributed by atoms with Gasteiger partial charge in [-0.05, 0) is 95.8 Å². The first-order chi connectivity index (χ1) is 15.0. The molecular formula is C25H41FN2O3. The van der Waals surface area contributed by atoms with Gasteiger partial charge in [-0.3, -0.25) is 0 Å². The minimum Gasteiger partial charge on any atom is -0.410 e. The van der Waals surface area contributed by atoms with E-state index in [-0.39, 0.29) is 11.9 Å². The molecule has 1 aromatic carbocycles. The van der Waals surface area contributed by atoms with Gasteiger partial charge in [0.05, 0.1) is 6.10 Å². The number of hydrogen-bond acceptors (Lipinski definition) is 4. The van der Waals surface area contributed by atoms with Crippen molar-refractivity contribution in [2.75, 3.05) is 33.8 Å². The van der Waals surface area contributed by atoms with Crippen molar-refractivity contribution in [3.63, 3.8) is 0 Å². The molecule has 5 nitrogen and oxygen atoms in total. The molecule has 0 aliphatic heterocycles. The number of ether oxygens (including phenoxy) is 2. The van der Waals surface area contributed by atoms with Crippen molar-refractivity contribution >= 4 is 6.09 Å². The zero-order valence-corrected chi connectivity index (χ0v) is 19.7. The third kappa shape index (κ3) is 10.0. The maximum atomic E-state index is 13.0. The van der Waals surface area contributed by atoms with Gasteiger partial charge in [-0.2, -0.15) is 0 Å². The van der Waals surface area contributed by atoms with Gasteiger partial charge in [-0.25, -0.2) is 9.18 Å². The van der Waals surface area contributed by atoms with Gasteiger partial charge in [0.15, 0.2) is 0 Å². The van der Waals surface area contributed by atoms with E-state index in [1.165, 1.54) is 69.5 Å². The second-order valence-corrected chi connectivity index (χ2v) is 8.81. The summed E-state index contributed by atoms with van der Waals surface area (Å²) in [5.74, 6) is 0.0173. The fourth-order valence-electron chi connectivity index (χ4n) is 4.08. The van der Waals surface area contributed by atoms with Crippen LogP contribution in [0.2, 0.25) is 0 Å². The molecule has 0 bridgehead atoms. The van der Waals surface area contributed by atoms with E-state index in [1.54, 1.807) is 11.9 Å². The topological polar surface area (TPSA) is 42.0 Å². The molecule has 0 heterocycles. The highest BCUT2D eigenvalue weighted by atomic mass is 19.1. The normalized spacial score (nSPS) is 18.9. The van der Waals surface area contributed by atoms with E-state index in [4.69, 9.17) is 9.47 Å². The van der Waals surface area contributed by atoms with Gasteiger partial charge in [-0.1, -0.05) is 19.8 Å². The third-order valence-corrected chi connectivity index (χ3v) is 6.18. The number of nitrogens with zero attached hydrogens (tertiary/aromatic N) is 2. The molecule has 1 fully saturated rings. The van der Waals surface area contributed by atoms with E-state index >= 15 is 0 Å². The standard InChI is InChI=1S/C25H41FN2O3/c1-4-5-7-18-27(2)19-8-6-9-20-30-23-16-12-22(13-17-23)28(3)25(29)31-24-14-10-21(26)11-15-24/h10-11,14-15,22-23H,4-9,12-13,16-20H2,1-3H3. The Morgan fingerprint density at radius 2 is 1.61 bits per heavy atom. The maximum Gasteiger partial charge on any atom is 0.415 e. The smallest absolute Gasteiger partial charge is 0.410 e. The predicted octanol–water partition coefficient (Wildman–Crippen LogP) is 5.88. The van der Waals surface area contributed by atoms with E-state index in [0.29, 0.717) is 11.9 Å². The predicted molar refractivity (Wildman–Crippen MR) is 123 cm³/mol. The molecule has 6 heteroatoms. The van der Waals surface area contributed by atoms with Crippen molar-refractivity contribution in [2.45, 2.75) is 83.3 Å². The summed E-state index contributed by atoms with van der Waals surface area (Å²) in [6.07, 6.45) is 11.2. The van der Waals surface area contributed by atoms with Crippen LogP contribution in [-0.2, 0) is 4.74 Å². The van der Waals surface area contributed by atoms with Crippen LogP contribution in [0, 0.1) is 5.82 Å². The molecule has 0 unspecified atom stereocenters. The van der Waals surface area contributed by atoms with Crippen LogP contribution in [0.3, 0.4) is 0 Å². The van der Waals surface area contributed by atoms with Crippen molar-refractivity contribution in [2.24, 2.45) is 0 Å². The van der Waals surface area contributed by atoms with Crippen LogP contribution < -0.4 is 4.74 Å². The molecule has 0 aromatic heterocycles. The third-order valence-electron chi connectivity index (χ3n) is 6.18. The van der Waals surface area contributed by atoms with Crippen LogP contribution in [0.1, 0.15) is 71.1 Å². The van der Waals surface area contributed by atoms with Crippen molar-refractivity contribution in [3.05, 3.63) is 30.1 Å². The number of carbonyl (C=O) groups excluding carboxylic acids is 1. The average molecular weight is 437 g/mol. The van der Waals surface area contributed by atoms with Gasteiger partial charge >= 0.3 is 6.09 Å². The van der Waals surface area contributed by atoms with Crippen LogP contribution in [-0.4, -0.2) is 61.8 Å². The molecule has 1 amide bonds. The summed E-state index contributed by atoms with van der Waals surface area (Å²) in [5.41, 5.74) is 0. The molecule has 0 N–H and O–H groups in total. The lowest BCUT2D eigenvalue weighted by molar-refractivity contribution is 0.0104. The fraction of sp³-hybridized carbons (Fsp3) is 0.720. The molecule has 176 valence electrons. The second-order valence-electron chi connectivity index (χ2n) is 8.81. The molecule has 1 aromatic rings. The molecule has 0 spiro atoms. The van der Waals surface area contributed by atoms with E-state index < -0.39 is 6.09 Å². The molecule has 1 saturated carbocycles. The summed E-state index contributed by atoms with van der Waals surface area (Å²) >= 11 is 0. The molecule has 0 atom stereocenters. The van der Waals surface area contributed by atoms with Crippen molar-refractivity contribution in [3.8, 4) is 5.75 Å². The Bertz CT molecular complexity index is 618. The Labute approximate surface area is 187 Å². The molecule has 31 heavy (non-hydrogen) atoms. The Morgan fingerprint density at radius 1 is 0.968 bits per heavy atom. The van der Waals surface area contributed by atoms with Gasteiger partial charge in [0.1, 0.15) is 11.6 Å². The van der Waals surface area contributed by atoms with Crippen LogP contribution in [0.15, 0.2) is 24.3 Å². The van der Waals surface area contributed by atoms with E-state index in [0.717, 1.165) is 38.7 Å². The van der Waals surface area contributed by atoms with Crippen LogP contribution in [0.5, 0.6) is 5.75 Å². The number of amides is 1. The SMILES string of the molecule is CCCCCN(C)CCCCCOC1CCC(N(C)C(=O)Oc2ccc(F)cc2)CC1. The Kier molecular flexibility index (Phi) is 11.9. The first-order valence-electron chi connectivity index (χ1n) is 12.0. The number of rotatable bonds is 13. The maximum absolute atomic E-state index is 13.0. The number of hydrogen-bond donors (Lipinski definition) is 0. The molecule has 2 rings (SSSR count). The lowest BCUT2D eigenvalue weighted by Crippen LogP contribution is -2.42. The number of carbonyl (C=O) groups is 1. The molecule has 1 aliphatic carbocycles. The zero-order chi connectivity index (χ0) is 22.5. The first-order valence-corrected chi connectivity index (χ1v) is 12.0. The summed E-state index contributed by atoms with van der Waals surface area (Å²) in [6.45, 7) is 5.46. The first kappa shape index (κ1) is 25.6. The van der Waals surface area contributed by atoms with Crippen LogP contribution in [0.25, 0.3) is 0 Å². The van der Waals surface area contributed by atoms with Crippen LogP contribution in [0.4, 0.5) is 9.18 Å². The highest BCUT2D eigenvalue weighted by Gasteiger charge is 2.27. The number of benzene rings is 1. The highest BCUT2D eigenvalue weighted by molar-refractivity contribution is 5.70. The Balaban J connectivity index is 1.53. The number of halogens is 1. The largest absolute Gasteiger partial charge is 0.415 e. The minimum atomic E-state index is -0.393. The van der Waals surface area contributed by atoms with Crippen LogP contribution >= 0.6 is 0 Å². The Morgan fingerprint density at radius 3 is 2.26 bits per heavy atom. The molecule has 0 radical (unpaired) electrons. The van der Waals surface area contributed by atoms with Gasteiger partial charge in [0.2, 0.25) is 0 Å². The van der Waals surface area contributed by atoms with Gasteiger partial charge in [0, 0.05) is 19.7 Å². The van der Waals surface area contributed by atoms with E-state index in [9.17, 15) is 9.18 Å². The quantitative estimate of drug-likeness (QED) is 0.362. The summed E-state index contributed by atoms with van der Waals surface area (Å²) in [7, 11) is 3.99. The van der Waals surface area contributed by atoms with Gasteiger partial charge < -0.3 is 19.3 Å². The van der Waals surface area contributed by atoms with E-state index in [2.05, 4.69) is 18.9 Å². The zero-order valence-electron chi connectivity index (χ0n) is 19.7. The number of unbranched alkanes of at least 4 members (excludes halogenated alkanes) is 4. The van der Waals surface area contributed by atoms with Gasteiger partial charge in [-0.15, -0.1) is 0 Å². The Hall–Kier alpha value is -1.66. The molecular weight excluding hydrogens is 395 g/mol. The van der Waals surface area contributed by atoms with Crippen molar-refractivity contribution < 1.29 is 18.7 Å². The van der Waals surface area contributed by atoms with Gasteiger partial charge in [0.25, 0.3) is 0 Å². The summed E-state index contributed by atoms with van der Waals surface area (Å²) in [4.78, 5) is 16.5. The fourth-order valence-corrected chi connectivity index (χ4v) is 4.08. The summed E-state index contributed by atoms with van der Waals surface area (Å²) in [6, 6.07) is 5.68. The molecule has 0 saturated heterocycles.